The van der Waals surface area contributed by atoms with Gasteiger partial charge in [-0.1, -0.05) is 36.4 Å². The number of rotatable bonds is 12. The Morgan fingerprint density at radius 2 is 1.57 bits per heavy atom. The molecule has 0 saturated carbocycles. The molecule has 12 nitrogen and oxygen atoms in total. The summed E-state index contributed by atoms with van der Waals surface area (Å²) in [6, 6.07) is 19.1. The van der Waals surface area contributed by atoms with Crippen molar-refractivity contribution in [3.63, 3.8) is 0 Å². The topological polar surface area (TPSA) is 111 Å². The van der Waals surface area contributed by atoms with Crippen LogP contribution in [0.3, 0.4) is 0 Å². The number of hydrogen-bond acceptors (Lipinski definition) is 10. The predicted octanol–water partition coefficient (Wildman–Crippen LogP) is 2.75. The van der Waals surface area contributed by atoms with Crippen molar-refractivity contribution in [3.05, 3.63) is 77.4 Å². The molecule has 1 fully saturated rings. The highest BCUT2D eigenvalue weighted by Gasteiger charge is 2.24. The molecule has 2 aliphatic heterocycles. The van der Waals surface area contributed by atoms with E-state index in [4.69, 9.17) is 23.7 Å². The van der Waals surface area contributed by atoms with Gasteiger partial charge < -0.3 is 28.6 Å². The van der Waals surface area contributed by atoms with E-state index in [0.29, 0.717) is 70.7 Å². The molecule has 0 aliphatic carbocycles. The molecule has 2 aliphatic rings. The number of anilines is 1. The number of carbonyl (C=O) groups is 1. The van der Waals surface area contributed by atoms with Crippen LogP contribution in [-0.2, 0) is 9.47 Å². The molecule has 3 aromatic carbocycles. The van der Waals surface area contributed by atoms with E-state index in [-0.39, 0.29) is 6.03 Å². The lowest BCUT2D eigenvalue weighted by molar-refractivity contribution is 0.132. The van der Waals surface area contributed by atoms with Crippen LogP contribution in [-0.4, -0.2) is 99.3 Å². The molecule has 1 N–H and O–H groups in total. The van der Waals surface area contributed by atoms with Gasteiger partial charge in [-0.15, -0.1) is 0 Å². The van der Waals surface area contributed by atoms with E-state index in [1.54, 1.807) is 25.4 Å². The first kappa shape index (κ1) is 31.1. The largest absolute Gasteiger partial charge is 0.487 e. The predicted molar refractivity (Wildman–Crippen MR) is 174 cm³/mol. The number of amides is 2. The third-order valence-corrected chi connectivity index (χ3v) is 7.72. The maximum absolute atomic E-state index is 13.3. The van der Waals surface area contributed by atoms with Gasteiger partial charge in [0.15, 0.2) is 11.5 Å². The SMILES string of the molecule is COCCOc1cc2ncnc(N3CCN(NC(=O)N4C=c5cccc(Oc6ccccc6)c5=CC4)CC3)c2cc1OCCOC. The van der Waals surface area contributed by atoms with Crippen LogP contribution in [0.4, 0.5) is 10.6 Å². The summed E-state index contributed by atoms with van der Waals surface area (Å²) in [5, 5.41) is 4.70. The number of methoxy groups -OCH3 is 2. The van der Waals surface area contributed by atoms with Gasteiger partial charge in [-0.25, -0.2) is 19.8 Å². The standard InChI is InChI=1S/C34H38N6O6/c1-42-17-19-44-31-21-28-29(22-32(31)45-20-18-43-2)35-24-36-33(28)38-13-15-40(16-14-38)37-34(41)39-12-11-27-25(23-39)7-6-10-30(27)46-26-8-4-3-5-9-26/h3-11,21-24H,12-20H2,1-2H3,(H,37,41). The van der Waals surface area contributed by atoms with Crippen LogP contribution in [0.25, 0.3) is 23.2 Å². The molecule has 46 heavy (non-hydrogen) atoms. The van der Waals surface area contributed by atoms with E-state index in [2.05, 4.69) is 20.3 Å². The summed E-state index contributed by atoms with van der Waals surface area (Å²) in [6.07, 6.45) is 5.45. The normalized spacial score (nSPS) is 14.7. The number of urea groups is 1. The minimum Gasteiger partial charge on any atom is -0.487 e. The van der Waals surface area contributed by atoms with Crippen molar-refractivity contribution in [1.29, 1.82) is 0 Å². The number of nitrogens with zero attached hydrogens (tertiary/aromatic N) is 5. The highest BCUT2D eigenvalue weighted by atomic mass is 16.5. The van der Waals surface area contributed by atoms with Crippen molar-refractivity contribution >= 4 is 35.0 Å². The number of para-hydroxylation sites is 1. The Morgan fingerprint density at radius 1 is 0.826 bits per heavy atom. The minimum atomic E-state index is -0.184. The average Bonchev–Trinajstić information content (AvgIpc) is 3.09. The minimum absolute atomic E-state index is 0.184. The number of nitrogens with one attached hydrogen (secondary N) is 1. The van der Waals surface area contributed by atoms with Crippen LogP contribution in [0, 0.1) is 0 Å². The van der Waals surface area contributed by atoms with Crippen LogP contribution in [0.1, 0.15) is 0 Å². The second kappa shape index (κ2) is 14.9. The Balaban J connectivity index is 1.10. The third-order valence-electron chi connectivity index (χ3n) is 7.72. The van der Waals surface area contributed by atoms with Gasteiger partial charge in [0.05, 0.1) is 18.7 Å². The lowest BCUT2D eigenvalue weighted by atomic mass is 10.1. The third kappa shape index (κ3) is 7.31. The van der Waals surface area contributed by atoms with Gasteiger partial charge in [0.2, 0.25) is 0 Å². The van der Waals surface area contributed by atoms with Gasteiger partial charge in [-0.3, -0.25) is 10.3 Å². The number of ether oxygens (including phenoxy) is 5. The lowest BCUT2D eigenvalue weighted by Gasteiger charge is -2.36. The summed E-state index contributed by atoms with van der Waals surface area (Å²) in [5.41, 5.74) is 3.82. The molecule has 3 heterocycles. The molecule has 0 bridgehead atoms. The molecular weight excluding hydrogens is 588 g/mol. The van der Waals surface area contributed by atoms with E-state index in [1.165, 1.54) is 0 Å². The van der Waals surface area contributed by atoms with Crippen molar-refractivity contribution in [2.75, 3.05) is 78.3 Å². The second-order valence-corrected chi connectivity index (χ2v) is 10.7. The summed E-state index contributed by atoms with van der Waals surface area (Å²) in [4.78, 5) is 26.3. The Bertz CT molecular complexity index is 1760. The molecule has 12 heteroatoms. The van der Waals surface area contributed by atoms with E-state index in [1.807, 2.05) is 77.9 Å². The molecule has 0 unspecified atom stereocenters. The number of carbonyl (C=O) groups excluding carboxylic acids is 1. The summed E-state index contributed by atoms with van der Waals surface area (Å²) in [5.74, 6) is 3.52. The lowest BCUT2D eigenvalue weighted by Crippen LogP contribution is -2.56. The average molecular weight is 627 g/mol. The fourth-order valence-electron chi connectivity index (χ4n) is 5.38. The van der Waals surface area contributed by atoms with E-state index < -0.39 is 0 Å². The molecule has 0 atom stereocenters. The van der Waals surface area contributed by atoms with Crippen LogP contribution in [0.2, 0.25) is 0 Å². The van der Waals surface area contributed by atoms with Crippen molar-refractivity contribution in [2.45, 2.75) is 0 Å². The van der Waals surface area contributed by atoms with Gasteiger partial charge >= 0.3 is 6.03 Å². The van der Waals surface area contributed by atoms with Gasteiger partial charge in [0.25, 0.3) is 0 Å². The van der Waals surface area contributed by atoms with Crippen molar-refractivity contribution in [3.8, 4) is 23.0 Å². The summed E-state index contributed by atoms with van der Waals surface area (Å²) in [7, 11) is 3.26. The van der Waals surface area contributed by atoms with E-state index in [0.717, 1.165) is 38.7 Å². The monoisotopic (exact) mass is 626 g/mol. The molecule has 0 spiro atoms. The highest BCUT2D eigenvalue weighted by Crippen LogP contribution is 2.35. The van der Waals surface area contributed by atoms with E-state index in [9.17, 15) is 4.79 Å². The number of piperazine rings is 1. The number of fused-ring (bicyclic) bond motifs is 2. The Kier molecular flexibility index (Phi) is 10.1. The zero-order valence-electron chi connectivity index (χ0n) is 26.1. The molecule has 1 saturated heterocycles. The van der Waals surface area contributed by atoms with Crippen LogP contribution in [0.5, 0.6) is 23.0 Å². The molecule has 1 aromatic heterocycles. The summed E-state index contributed by atoms with van der Waals surface area (Å²) < 4.78 is 28.3. The smallest absolute Gasteiger partial charge is 0.336 e. The highest BCUT2D eigenvalue weighted by molar-refractivity contribution is 5.92. The van der Waals surface area contributed by atoms with Crippen LogP contribution in [0.15, 0.2) is 67.0 Å². The second-order valence-electron chi connectivity index (χ2n) is 10.7. The molecule has 2 amide bonds. The quantitative estimate of drug-likeness (QED) is 0.236. The van der Waals surface area contributed by atoms with Gasteiger partial charge in [-0.05, 0) is 24.3 Å². The van der Waals surface area contributed by atoms with Gasteiger partial charge in [-0.2, -0.15) is 0 Å². The molecule has 240 valence electrons. The maximum atomic E-state index is 13.3. The van der Waals surface area contributed by atoms with Gasteiger partial charge in [0, 0.05) is 75.0 Å². The van der Waals surface area contributed by atoms with Crippen molar-refractivity contribution in [2.24, 2.45) is 0 Å². The first-order chi connectivity index (χ1) is 22.6. The fraction of sp³-hybridized carbons (Fsp3) is 0.324. The number of hydrazine groups is 1. The number of benzene rings is 3. The van der Waals surface area contributed by atoms with Crippen molar-refractivity contribution in [1.82, 2.24) is 25.3 Å². The zero-order valence-corrected chi connectivity index (χ0v) is 26.1. The Labute approximate surface area is 267 Å². The molecule has 6 rings (SSSR count). The molecule has 4 aromatic rings. The Hall–Kier alpha value is -4.91. The van der Waals surface area contributed by atoms with Gasteiger partial charge in [0.1, 0.15) is 36.9 Å². The number of hydrogen-bond donors (Lipinski definition) is 1. The summed E-state index contributed by atoms with van der Waals surface area (Å²) in [6.45, 7) is 4.68. The Morgan fingerprint density at radius 3 is 2.30 bits per heavy atom. The molecule has 0 radical (unpaired) electrons. The first-order valence-corrected chi connectivity index (χ1v) is 15.3. The number of aromatic nitrogens is 2. The fourth-order valence-corrected chi connectivity index (χ4v) is 5.38. The zero-order chi connectivity index (χ0) is 31.7. The van der Waals surface area contributed by atoms with Crippen LogP contribution < -0.4 is 35.0 Å². The van der Waals surface area contributed by atoms with Crippen molar-refractivity contribution < 1.29 is 28.5 Å². The van der Waals surface area contributed by atoms with Crippen LogP contribution >= 0.6 is 0 Å². The van der Waals surface area contributed by atoms with E-state index >= 15 is 0 Å². The molecular formula is C34H38N6O6. The first-order valence-electron chi connectivity index (χ1n) is 15.3. The maximum Gasteiger partial charge on any atom is 0.336 e. The summed E-state index contributed by atoms with van der Waals surface area (Å²) >= 11 is 0.